The third-order valence-corrected chi connectivity index (χ3v) is 4.33. The molecule has 16 heavy (non-hydrogen) atoms. The number of carbonyl (C=O) groups is 1. The van der Waals surface area contributed by atoms with Crippen molar-refractivity contribution in [3.8, 4) is 0 Å². The van der Waals surface area contributed by atoms with Crippen LogP contribution in [0.25, 0.3) is 0 Å². The molecule has 0 aromatic carbocycles. The number of rotatable bonds is 2. The Balaban J connectivity index is 2.32. The lowest BCUT2D eigenvalue weighted by atomic mass is 9.59. The van der Waals surface area contributed by atoms with Gasteiger partial charge in [-0.2, -0.15) is 0 Å². The molecule has 3 heteroatoms. The molecule has 2 aliphatic rings. The highest BCUT2D eigenvalue weighted by Crippen LogP contribution is 2.50. The molecular formula is C13H20O3. The first kappa shape index (κ1) is 11.8. The van der Waals surface area contributed by atoms with Crippen LogP contribution in [0.5, 0.6) is 0 Å². The summed E-state index contributed by atoms with van der Waals surface area (Å²) < 4.78 is 5.23. The number of hydrogen-bond acceptors (Lipinski definition) is 3. The van der Waals surface area contributed by atoms with Crippen molar-refractivity contribution in [1.29, 1.82) is 0 Å². The van der Waals surface area contributed by atoms with Crippen LogP contribution in [0.1, 0.15) is 33.6 Å². The molecule has 0 spiro atoms. The third kappa shape index (κ3) is 1.54. The molecule has 90 valence electrons. The second-order valence-corrected chi connectivity index (χ2v) is 5.75. The molecule has 3 atom stereocenters. The number of Topliss-reactive ketones (excluding diaryl/α,β-unsaturated/α-hetero) is 1. The molecule has 1 saturated carbocycles. The largest absolute Gasteiger partial charge is 0.386 e. The number of hydrogen-bond donors (Lipinski definition) is 1. The normalized spacial score (nSPS) is 41.9. The van der Waals surface area contributed by atoms with Crippen molar-refractivity contribution in [2.45, 2.75) is 45.3 Å². The Kier molecular flexibility index (Phi) is 2.52. The second kappa shape index (κ2) is 3.41. The van der Waals surface area contributed by atoms with Crippen LogP contribution in [0.15, 0.2) is 12.2 Å². The molecule has 0 bridgehead atoms. The van der Waals surface area contributed by atoms with Gasteiger partial charge in [0.2, 0.25) is 0 Å². The molecule has 0 aromatic heterocycles. The number of epoxide rings is 1. The predicted octanol–water partition coefficient (Wildman–Crippen LogP) is 1.70. The van der Waals surface area contributed by atoms with Gasteiger partial charge in [-0.3, -0.25) is 4.79 Å². The lowest BCUT2D eigenvalue weighted by molar-refractivity contribution is -0.160. The molecule has 3 nitrogen and oxygen atoms in total. The fourth-order valence-corrected chi connectivity index (χ4v) is 2.63. The minimum atomic E-state index is -1.02. The van der Waals surface area contributed by atoms with Gasteiger partial charge in [0.15, 0.2) is 0 Å². The summed E-state index contributed by atoms with van der Waals surface area (Å²) in [5.41, 5.74) is -0.755. The van der Waals surface area contributed by atoms with Crippen molar-refractivity contribution >= 4 is 5.78 Å². The zero-order valence-electron chi connectivity index (χ0n) is 10.2. The quantitative estimate of drug-likeness (QED) is 0.573. The number of carbonyl (C=O) groups excluding carboxylic acids is 1. The van der Waals surface area contributed by atoms with E-state index in [1.165, 1.54) is 0 Å². The molecule has 0 aromatic rings. The average Bonchev–Trinajstić information content (AvgIpc) is 2.96. The summed E-state index contributed by atoms with van der Waals surface area (Å²) in [5.74, 6) is 0.208. The van der Waals surface area contributed by atoms with Gasteiger partial charge in [0.05, 0.1) is 12.0 Å². The van der Waals surface area contributed by atoms with Gasteiger partial charge in [-0.1, -0.05) is 26.0 Å². The zero-order chi connectivity index (χ0) is 12.1. The molecule has 0 radical (unpaired) electrons. The highest BCUT2D eigenvalue weighted by molar-refractivity contribution is 5.87. The van der Waals surface area contributed by atoms with Gasteiger partial charge in [-0.15, -0.1) is 0 Å². The van der Waals surface area contributed by atoms with Crippen molar-refractivity contribution < 1.29 is 14.6 Å². The second-order valence-electron chi connectivity index (χ2n) is 5.75. The molecule has 1 saturated heterocycles. The molecule has 1 aliphatic heterocycles. The van der Waals surface area contributed by atoms with Crippen molar-refractivity contribution in [1.82, 2.24) is 0 Å². The molecule has 2 rings (SSSR count). The van der Waals surface area contributed by atoms with Crippen molar-refractivity contribution in [2.75, 3.05) is 6.61 Å². The maximum atomic E-state index is 12.1. The third-order valence-electron chi connectivity index (χ3n) is 4.33. The molecule has 1 heterocycles. The summed E-state index contributed by atoms with van der Waals surface area (Å²) in [6.07, 6.45) is 0.914. The highest BCUT2D eigenvalue weighted by Gasteiger charge is 2.61. The van der Waals surface area contributed by atoms with E-state index in [9.17, 15) is 9.90 Å². The first-order valence-electron chi connectivity index (χ1n) is 5.81. The molecule has 1 N–H and O–H groups in total. The number of aliphatic hydroxyl groups is 1. The molecule has 0 amide bonds. The Bertz CT molecular complexity index is 341. The lowest BCUT2D eigenvalue weighted by Gasteiger charge is -2.47. The number of ketones is 1. The van der Waals surface area contributed by atoms with Crippen molar-refractivity contribution in [2.24, 2.45) is 11.3 Å². The Hall–Kier alpha value is -0.670. The fourth-order valence-electron chi connectivity index (χ4n) is 2.63. The van der Waals surface area contributed by atoms with E-state index in [1.807, 2.05) is 20.8 Å². The minimum Gasteiger partial charge on any atom is -0.386 e. The summed E-state index contributed by atoms with van der Waals surface area (Å²) in [7, 11) is 0. The Labute approximate surface area is 96.5 Å². The first-order valence-corrected chi connectivity index (χ1v) is 5.81. The van der Waals surface area contributed by atoms with Crippen LogP contribution in [0.2, 0.25) is 0 Å². The van der Waals surface area contributed by atoms with Gasteiger partial charge in [-0.05, 0) is 19.3 Å². The van der Waals surface area contributed by atoms with Crippen LogP contribution in [-0.2, 0) is 9.53 Å². The summed E-state index contributed by atoms with van der Waals surface area (Å²) in [4.78, 5) is 12.1. The van der Waals surface area contributed by atoms with E-state index in [1.54, 1.807) is 0 Å². The Morgan fingerprint density at radius 1 is 1.56 bits per heavy atom. The zero-order valence-corrected chi connectivity index (χ0v) is 10.2. The van der Waals surface area contributed by atoms with Gasteiger partial charge in [-0.25, -0.2) is 0 Å². The van der Waals surface area contributed by atoms with E-state index < -0.39 is 11.0 Å². The summed E-state index contributed by atoms with van der Waals surface area (Å²) in [6.45, 7) is 10.0. The van der Waals surface area contributed by atoms with Gasteiger partial charge in [0.1, 0.15) is 17.5 Å². The van der Waals surface area contributed by atoms with E-state index in [0.29, 0.717) is 19.4 Å². The predicted molar refractivity (Wildman–Crippen MR) is 61.0 cm³/mol. The summed E-state index contributed by atoms with van der Waals surface area (Å²) in [6, 6.07) is 0. The fraction of sp³-hybridized carbons (Fsp3) is 0.769. The van der Waals surface area contributed by atoms with Crippen molar-refractivity contribution in [3.63, 3.8) is 0 Å². The van der Waals surface area contributed by atoms with E-state index in [4.69, 9.17) is 4.74 Å². The van der Waals surface area contributed by atoms with E-state index >= 15 is 0 Å². The topological polar surface area (TPSA) is 49.8 Å². The van der Waals surface area contributed by atoms with Crippen molar-refractivity contribution in [3.05, 3.63) is 12.2 Å². The van der Waals surface area contributed by atoms with Crippen LogP contribution in [-0.4, -0.2) is 29.2 Å². The average molecular weight is 224 g/mol. The Morgan fingerprint density at radius 3 is 2.56 bits per heavy atom. The number of ether oxygens (including phenoxy) is 1. The van der Waals surface area contributed by atoms with Crippen LogP contribution in [0.3, 0.4) is 0 Å². The molecule has 0 unspecified atom stereocenters. The van der Waals surface area contributed by atoms with Crippen LogP contribution in [0.4, 0.5) is 0 Å². The van der Waals surface area contributed by atoms with Gasteiger partial charge in [0, 0.05) is 6.42 Å². The highest BCUT2D eigenvalue weighted by atomic mass is 16.6. The summed E-state index contributed by atoms with van der Waals surface area (Å²) >= 11 is 0. The maximum absolute atomic E-state index is 12.1. The smallest absolute Gasteiger partial charge is 0.142 e. The van der Waals surface area contributed by atoms with E-state index in [0.717, 1.165) is 5.57 Å². The molecule has 1 aliphatic carbocycles. The minimum absolute atomic E-state index is 0.0923. The van der Waals surface area contributed by atoms with Crippen LogP contribution in [0, 0.1) is 11.3 Å². The number of allylic oxidation sites excluding steroid dienone is 1. The first-order chi connectivity index (χ1) is 7.29. The van der Waals surface area contributed by atoms with Crippen LogP contribution < -0.4 is 0 Å². The lowest BCUT2D eigenvalue weighted by Crippen LogP contribution is -2.58. The SMILES string of the molecule is C=C(C)[C@@H]1CC(=O)C(C)(C)[C@](O)([C@@H]2CO2)C1. The monoisotopic (exact) mass is 224 g/mol. The standard InChI is InChI=1S/C13H20O3/c1-8(2)9-5-10(14)12(3,4)13(15,6-9)11-7-16-11/h9,11,15H,1,5-7H2,2-4H3/t9-,11+,13-/m1/s1. The Morgan fingerprint density at radius 2 is 2.12 bits per heavy atom. The molecular weight excluding hydrogens is 204 g/mol. The van der Waals surface area contributed by atoms with E-state index in [2.05, 4.69) is 6.58 Å². The van der Waals surface area contributed by atoms with Gasteiger partial charge < -0.3 is 9.84 Å². The maximum Gasteiger partial charge on any atom is 0.142 e. The summed E-state index contributed by atoms with van der Waals surface area (Å²) in [5, 5.41) is 10.7. The van der Waals surface area contributed by atoms with Gasteiger partial charge >= 0.3 is 0 Å². The molecule has 2 fully saturated rings. The van der Waals surface area contributed by atoms with Gasteiger partial charge in [0.25, 0.3) is 0 Å². The van der Waals surface area contributed by atoms with Crippen LogP contribution >= 0.6 is 0 Å². The van der Waals surface area contributed by atoms with E-state index in [-0.39, 0.29) is 17.8 Å².